The molecule has 2 atom stereocenters. The van der Waals surface area contributed by atoms with Crippen molar-refractivity contribution >= 4 is 5.97 Å². The fourth-order valence-electron chi connectivity index (χ4n) is 0.828. The lowest BCUT2D eigenvalue weighted by molar-refractivity contribution is -0.206. The molecule has 0 bridgehead atoms. The maximum absolute atomic E-state index is 12.4. The zero-order valence-electron chi connectivity index (χ0n) is 8.43. The second-order valence-corrected chi connectivity index (χ2v) is 3.49. The first-order valence-corrected chi connectivity index (χ1v) is 4.34. The van der Waals surface area contributed by atoms with Gasteiger partial charge in [-0.2, -0.15) is 13.2 Å². The molecule has 0 saturated heterocycles. The summed E-state index contributed by atoms with van der Waals surface area (Å²) >= 11 is 0. The number of hydrogen-bond donors (Lipinski definition) is 3. The molecule has 0 radical (unpaired) electrons. The predicted molar refractivity (Wildman–Crippen MR) is 46.4 cm³/mol. The molecule has 0 aliphatic rings. The van der Waals surface area contributed by atoms with Gasteiger partial charge in [-0.05, 0) is 26.8 Å². The lowest BCUT2D eigenvalue weighted by Crippen LogP contribution is -2.60. The van der Waals surface area contributed by atoms with Crippen molar-refractivity contribution in [3.05, 3.63) is 0 Å². The number of aliphatic hydroxyl groups excluding tert-OH is 1. The summed E-state index contributed by atoms with van der Waals surface area (Å²) in [4.78, 5) is 10.5. The summed E-state index contributed by atoms with van der Waals surface area (Å²) in [6.07, 6.45) is -5.60. The zero-order valence-corrected chi connectivity index (χ0v) is 8.43. The fraction of sp³-hybridized carbons (Fsp3) is 0.875. The molecule has 0 rings (SSSR count). The molecule has 0 spiro atoms. The second-order valence-electron chi connectivity index (χ2n) is 3.49. The first kappa shape index (κ1) is 14.2. The average molecular weight is 229 g/mol. The Bertz CT molecular complexity index is 230. The van der Waals surface area contributed by atoms with Crippen LogP contribution in [0, 0.1) is 0 Å². The predicted octanol–water partition coefficient (Wildman–Crippen LogP) is 0.752. The van der Waals surface area contributed by atoms with E-state index in [1.807, 2.05) is 5.32 Å². The number of halogens is 3. The van der Waals surface area contributed by atoms with E-state index in [2.05, 4.69) is 0 Å². The summed E-state index contributed by atoms with van der Waals surface area (Å²) in [5.74, 6) is -1.99. The largest absolute Gasteiger partial charge is 0.480 e. The Morgan fingerprint density at radius 1 is 1.47 bits per heavy atom. The number of aliphatic hydroxyl groups is 1. The molecule has 0 fully saturated rings. The summed E-state index contributed by atoms with van der Waals surface area (Å²) in [6.45, 7) is 1.74. The highest BCUT2D eigenvalue weighted by Gasteiger charge is 2.56. The van der Waals surface area contributed by atoms with Crippen LogP contribution >= 0.6 is 0 Å². The molecule has 2 unspecified atom stereocenters. The highest BCUT2D eigenvalue weighted by molar-refractivity contribution is 5.79. The fourth-order valence-corrected chi connectivity index (χ4v) is 0.828. The molecule has 7 heteroatoms. The normalized spacial score (nSPS) is 18.3. The number of nitrogens with one attached hydrogen (secondary N) is 1. The minimum atomic E-state index is -4.88. The molecule has 15 heavy (non-hydrogen) atoms. The number of carboxylic acid groups (broad SMARTS) is 1. The zero-order chi connectivity index (χ0) is 12.3. The first-order valence-electron chi connectivity index (χ1n) is 4.34. The number of aliphatic carboxylic acids is 1. The molecule has 0 aliphatic heterocycles. The van der Waals surface area contributed by atoms with Crippen molar-refractivity contribution in [3.63, 3.8) is 0 Å². The molecule has 4 nitrogen and oxygen atoms in total. The number of alkyl halides is 3. The van der Waals surface area contributed by atoms with Gasteiger partial charge in [-0.15, -0.1) is 0 Å². The molecular weight excluding hydrogens is 215 g/mol. The van der Waals surface area contributed by atoms with Crippen LogP contribution in [0.3, 0.4) is 0 Å². The highest BCUT2D eigenvalue weighted by atomic mass is 19.4. The van der Waals surface area contributed by atoms with Crippen molar-refractivity contribution in [2.75, 3.05) is 6.54 Å². The van der Waals surface area contributed by atoms with E-state index < -0.39 is 23.8 Å². The van der Waals surface area contributed by atoms with Crippen LogP contribution in [0.5, 0.6) is 0 Å². The van der Waals surface area contributed by atoms with Crippen molar-refractivity contribution in [1.82, 2.24) is 5.32 Å². The second kappa shape index (κ2) is 4.80. The van der Waals surface area contributed by atoms with Crippen LogP contribution in [0.4, 0.5) is 13.2 Å². The summed E-state index contributed by atoms with van der Waals surface area (Å²) in [5.41, 5.74) is -2.97. The summed E-state index contributed by atoms with van der Waals surface area (Å²) in [5, 5.41) is 19.2. The number of hydrogen-bond acceptors (Lipinski definition) is 3. The van der Waals surface area contributed by atoms with E-state index in [4.69, 9.17) is 10.2 Å². The number of carboxylic acids is 1. The third-order valence-electron chi connectivity index (χ3n) is 2.04. The van der Waals surface area contributed by atoms with E-state index in [9.17, 15) is 18.0 Å². The Balaban J connectivity index is 4.48. The Morgan fingerprint density at radius 3 is 2.20 bits per heavy atom. The lowest BCUT2D eigenvalue weighted by Gasteiger charge is -2.28. The smallest absolute Gasteiger partial charge is 0.417 e. The first-order chi connectivity index (χ1) is 6.61. The van der Waals surface area contributed by atoms with Gasteiger partial charge < -0.3 is 10.2 Å². The minimum absolute atomic E-state index is 0.0545. The molecule has 3 N–H and O–H groups in total. The summed E-state index contributed by atoms with van der Waals surface area (Å²) in [7, 11) is 0. The quantitative estimate of drug-likeness (QED) is 0.650. The van der Waals surface area contributed by atoms with Crippen LogP contribution in [0.15, 0.2) is 0 Å². The van der Waals surface area contributed by atoms with Gasteiger partial charge >= 0.3 is 12.1 Å². The van der Waals surface area contributed by atoms with Crippen molar-refractivity contribution < 1.29 is 28.2 Å². The average Bonchev–Trinajstić information content (AvgIpc) is 2.00. The molecule has 0 aliphatic carbocycles. The molecule has 0 aromatic carbocycles. The lowest BCUT2D eigenvalue weighted by atomic mass is 10.0. The van der Waals surface area contributed by atoms with E-state index >= 15 is 0 Å². The Kier molecular flexibility index (Phi) is 4.54. The van der Waals surface area contributed by atoms with E-state index in [0.29, 0.717) is 6.92 Å². The molecule has 90 valence electrons. The monoisotopic (exact) mass is 229 g/mol. The highest BCUT2D eigenvalue weighted by Crippen LogP contribution is 2.30. The SMILES string of the molecule is CC(O)CCNC(C)(C(=O)O)C(F)(F)F. The van der Waals surface area contributed by atoms with E-state index in [1.165, 1.54) is 6.92 Å². The van der Waals surface area contributed by atoms with Gasteiger partial charge in [0.1, 0.15) is 0 Å². The maximum atomic E-state index is 12.4. The van der Waals surface area contributed by atoms with Crippen LogP contribution in [0.2, 0.25) is 0 Å². The Hall–Kier alpha value is -0.820. The van der Waals surface area contributed by atoms with Gasteiger partial charge in [0.15, 0.2) is 0 Å². The van der Waals surface area contributed by atoms with Gasteiger partial charge in [0.25, 0.3) is 0 Å². The number of rotatable bonds is 5. The van der Waals surface area contributed by atoms with Gasteiger partial charge in [-0.1, -0.05) is 0 Å². The van der Waals surface area contributed by atoms with Gasteiger partial charge in [0, 0.05) is 0 Å². The molecule has 0 aromatic heterocycles. The summed E-state index contributed by atoms with van der Waals surface area (Å²) in [6, 6.07) is 0. The summed E-state index contributed by atoms with van der Waals surface area (Å²) < 4.78 is 37.1. The number of carbonyl (C=O) groups is 1. The molecule has 0 heterocycles. The third-order valence-corrected chi connectivity index (χ3v) is 2.04. The van der Waals surface area contributed by atoms with Crippen molar-refractivity contribution in [3.8, 4) is 0 Å². The minimum Gasteiger partial charge on any atom is -0.480 e. The van der Waals surface area contributed by atoms with Gasteiger partial charge in [0.2, 0.25) is 5.54 Å². The van der Waals surface area contributed by atoms with Crippen LogP contribution in [0.1, 0.15) is 20.3 Å². The van der Waals surface area contributed by atoms with Gasteiger partial charge in [-0.3, -0.25) is 5.32 Å². The molecule has 0 amide bonds. The van der Waals surface area contributed by atoms with E-state index in [-0.39, 0.29) is 13.0 Å². The van der Waals surface area contributed by atoms with Gasteiger partial charge in [-0.25, -0.2) is 4.79 Å². The van der Waals surface area contributed by atoms with Crippen molar-refractivity contribution in [1.29, 1.82) is 0 Å². The Labute approximate surface area is 85.1 Å². The van der Waals surface area contributed by atoms with E-state index in [1.54, 1.807) is 0 Å². The van der Waals surface area contributed by atoms with Crippen LogP contribution in [-0.2, 0) is 4.79 Å². The van der Waals surface area contributed by atoms with Crippen molar-refractivity contribution in [2.45, 2.75) is 38.1 Å². The maximum Gasteiger partial charge on any atom is 0.417 e. The van der Waals surface area contributed by atoms with Gasteiger partial charge in [0.05, 0.1) is 6.10 Å². The topological polar surface area (TPSA) is 69.6 Å². The van der Waals surface area contributed by atoms with E-state index in [0.717, 1.165) is 0 Å². The van der Waals surface area contributed by atoms with Crippen LogP contribution < -0.4 is 5.32 Å². The third kappa shape index (κ3) is 3.67. The molecule has 0 aromatic rings. The molecular formula is C8H14F3NO3. The standard InChI is InChI=1S/C8H14F3NO3/c1-5(13)3-4-12-7(2,6(14)15)8(9,10)11/h5,12-13H,3-4H2,1-2H3,(H,14,15). The molecule has 0 saturated carbocycles. The van der Waals surface area contributed by atoms with Crippen LogP contribution in [0.25, 0.3) is 0 Å². The van der Waals surface area contributed by atoms with Crippen LogP contribution in [-0.4, -0.2) is 40.5 Å². The van der Waals surface area contributed by atoms with Crippen molar-refractivity contribution in [2.24, 2.45) is 0 Å². The Morgan fingerprint density at radius 2 is 1.93 bits per heavy atom.